The molecule has 4 N–H and O–H groups in total. The minimum atomic E-state index is -3.62. The second kappa shape index (κ2) is 8.49. The van der Waals surface area contributed by atoms with Gasteiger partial charge in [0.1, 0.15) is 10.0 Å². The van der Waals surface area contributed by atoms with Crippen LogP contribution in [0, 0.1) is 0 Å². The first-order valence-corrected chi connectivity index (χ1v) is 12.4. The van der Waals surface area contributed by atoms with Crippen molar-refractivity contribution in [2.24, 2.45) is 0 Å². The first-order chi connectivity index (χ1) is 14.3. The van der Waals surface area contributed by atoms with Crippen LogP contribution in [0.3, 0.4) is 0 Å². The van der Waals surface area contributed by atoms with Crippen LogP contribution in [0.15, 0.2) is 30.3 Å². The van der Waals surface area contributed by atoms with Gasteiger partial charge in [-0.25, -0.2) is 13.1 Å². The van der Waals surface area contributed by atoms with Crippen molar-refractivity contribution in [3.8, 4) is 0 Å². The first kappa shape index (κ1) is 21.6. The Kier molecular flexibility index (Phi) is 6.11. The summed E-state index contributed by atoms with van der Waals surface area (Å²) in [5, 5.41) is 12.3. The number of benzene rings is 1. The highest BCUT2D eigenvalue weighted by Crippen LogP contribution is 2.39. The van der Waals surface area contributed by atoms with Gasteiger partial charge in [0.15, 0.2) is 0 Å². The molecular formula is C19H19Cl2N3O4S2. The van der Waals surface area contributed by atoms with Gasteiger partial charge in [-0.05, 0) is 23.6 Å². The first-order valence-electron chi connectivity index (χ1n) is 9.22. The van der Waals surface area contributed by atoms with Crippen molar-refractivity contribution in [3.05, 3.63) is 56.5 Å². The molecule has 0 fully saturated rings. The molecule has 3 aromatic rings. The fourth-order valence-corrected chi connectivity index (χ4v) is 6.71. The van der Waals surface area contributed by atoms with E-state index in [1.807, 2.05) is 24.3 Å². The van der Waals surface area contributed by atoms with Crippen LogP contribution >= 0.6 is 34.5 Å². The zero-order valence-corrected chi connectivity index (χ0v) is 18.8. The quantitative estimate of drug-likeness (QED) is 0.410. The van der Waals surface area contributed by atoms with Gasteiger partial charge < -0.3 is 15.4 Å². The molecule has 1 amide bonds. The molecule has 2 atom stereocenters. The van der Waals surface area contributed by atoms with Crippen LogP contribution in [-0.4, -0.2) is 49.4 Å². The summed E-state index contributed by atoms with van der Waals surface area (Å²) in [5.74, 6) is -0.930. The summed E-state index contributed by atoms with van der Waals surface area (Å²) >= 11 is 13.5. The molecule has 0 saturated heterocycles. The molecule has 2 heterocycles. The van der Waals surface area contributed by atoms with Gasteiger partial charge >= 0.3 is 0 Å². The van der Waals surface area contributed by atoms with Gasteiger partial charge in [0.2, 0.25) is 10.0 Å². The Morgan fingerprint density at radius 3 is 2.80 bits per heavy atom. The van der Waals surface area contributed by atoms with Crippen molar-refractivity contribution >= 4 is 60.7 Å². The van der Waals surface area contributed by atoms with Gasteiger partial charge in [-0.2, -0.15) is 0 Å². The number of hydrogen-bond donors (Lipinski definition) is 4. The van der Waals surface area contributed by atoms with Gasteiger partial charge in [-0.15, -0.1) is 11.3 Å². The molecular weight excluding hydrogens is 469 g/mol. The number of carbonyl (C=O) groups excluding carboxylic acids is 1. The lowest BCUT2D eigenvalue weighted by atomic mass is 10.0. The van der Waals surface area contributed by atoms with Gasteiger partial charge in [0.05, 0.1) is 27.6 Å². The maximum absolute atomic E-state index is 12.9. The number of fused-ring (bicyclic) bond motifs is 2. The summed E-state index contributed by atoms with van der Waals surface area (Å²) in [6, 6.07) is 8.87. The zero-order valence-electron chi connectivity index (χ0n) is 15.6. The van der Waals surface area contributed by atoms with Gasteiger partial charge in [0.25, 0.3) is 5.91 Å². The second-order valence-electron chi connectivity index (χ2n) is 7.10. The number of amides is 1. The summed E-state index contributed by atoms with van der Waals surface area (Å²) in [6.45, 7) is -0.326. The minimum absolute atomic E-state index is 0.0454. The standard InChI is InChI=1S/C19H19Cl2N3O4S2/c20-16-17-15(29-18(16)21)8-14(23-17)19(26)24-13-7-10-3-1-2-4-11(10)12(13)9-30(27,28)22-5-6-25/h1-4,8,12-13,22-23,25H,5-7,9H2,(H,24,26)/t12-,13+/m0/s1. The Labute approximate surface area is 187 Å². The van der Waals surface area contributed by atoms with Crippen molar-refractivity contribution in [1.82, 2.24) is 15.0 Å². The number of sulfonamides is 1. The number of carbonyl (C=O) groups is 1. The second-order valence-corrected chi connectivity index (χ2v) is 11.0. The minimum Gasteiger partial charge on any atom is -0.395 e. The number of aliphatic hydroxyl groups excluding tert-OH is 1. The number of rotatable bonds is 7. The molecule has 1 aromatic carbocycles. The van der Waals surface area contributed by atoms with Crippen LogP contribution < -0.4 is 10.0 Å². The van der Waals surface area contributed by atoms with E-state index in [0.29, 0.717) is 27.0 Å². The highest BCUT2D eigenvalue weighted by atomic mass is 35.5. The predicted octanol–water partition coefficient (Wildman–Crippen LogP) is 2.89. The fraction of sp³-hybridized carbons (Fsp3) is 0.316. The largest absolute Gasteiger partial charge is 0.395 e. The summed E-state index contributed by atoms with van der Waals surface area (Å²) in [6.07, 6.45) is 0.532. The van der Waals surface area contributed by atoms with Gasteiger partial charge in [-0.1, -0.05) is 47.5 Å². The molecule has 1 aliphatic carbocycles. The van der Waals surface area contributed by atoms with E-state index in [1.54, 1.807) is 6.07 Å². The molecule has 0 aliphatic heterocycles. The molecule has 4 rings (SSSR count). The smallest absolute Gasteiger partial charge is 0.268 e. The lowest BCUT2D eigenvalue weighted by Crippen LogP contribution is -2.42. The van der Waals surface area contributed by atoms with E-state index in [0.717, 1.165) is 15.8 Å². The normalized spacial score (nSPS) is 18.6. The van der Waals surface area contributed by atoms with E-state index in [1.165, 1.54) is 11.3 Å². The molecule has 30 heavy (non-hydrogen) atoms. The molecule has 0 radical (unpaired) electrons. The van der Waals surface area contributed by atoms with E-state index in [-0.39, 0.29) is 30.9 Å². The molecule has 160 valence electrons. The lowest BCUT2D eigenvalue weighted by Gasteiger charge is -2.22. The van der Waals surface area contributed by atoms with Gasteiger partial charge in [-0.3, -0.25) is 4.79 Å². The van der Waals surface area contributed by atoms with Crippen molar-refractivity contribution in [2.45, 2.75) is 18.4 Å². The summed E-state index contributed by atoms with van der Waals surface area (Å²) in [5.41, 5.74) is 2.86. The third kappa shape index (κ3) is 4.23. The molecule has 0 bridgehead atoms. The highest BCUT2D eigenvalue weighted by molar-refractivity contribution is 7.89. The van der Waals surface area contributed by atoms with Crippen LogP contribution in [0.2, 0.25) is 9.36 Å². The summed E-state index contributed by atoms with van der Waals surface area (Å²) in [7, 11) is -3.62. The molecule has 0 spiro atoms. The van der Waals surface area contributed by atoms with E-state index in [2.05, 4.69) is 15.0 Å². The maximum atomic E-state index is 12.9. The molecule has 0 saturated carbocycles. The predicted molar refractivity (Wildman–Crippen MR) is 119 cm³/mol. The van der Waals surface area contributed by atoms with Crippen LogP contribution in [0.1, 0.15) is 27.5 Å². The number of aliphatic hydroxyl groups is 1. The number of aromatic amines is 1. The van der Waals surface area contributed by atoms with E-state index in [4.69, 9.17) is 28.3 Å². The molecule has 1 aliphatic rings. The Bertz CT molecular complexity index is 1210. The Balaban J connectivity index is 1.57. The van der Waals surface area contributed by atoms with Gasteiger partial charge in [0, 0.05) is 18.5 Å². The highest BCUT2D eigenvalue weighted by Gasteiger charge is 2.36. The zero-order chi connectivity index (χ0) is 21.5. The lowest BCUT2D eigenvalue weighted by molar-refractivity contribution is 0.0930. The van der Waals surface area contributed by atoms with Crippen molar-refractivity contribution in [3.63, 3.8) is 0 Å². The number of nitrogens with one attached hydrogen (secondary N) is 3. The average molecular weight is 488 g/mol. The molecule has 11 heteroatoms. The summed E-state index contributed by atoms with van der Waals surface area (Å²) in [4.78, 5) is 15.9. The topological polar surface area (TPSA) is 111 Å². The Morgan fingerprint density at radius 1 is 1.30 bits per heavy atom. The van der Waals surface area contributed by atoms with Crippen LogP contribution in [0.5, 0.6) is 0 Å². The number of H-pyrrole nitrogens is 1. The molecule has 7 nitrogen and oxygen atoms in total. The number of halogens is 2. The molecule has 2 aromatic heterocycles. The third-order valence-electron chi connectivity index (χ3n) is 5.15. The number of thiophene rings is 1. The molecule has 0 unspecified atom stereocenters. The SMILES string of the molecule is O=C(N[C@@H]1Cc2ccccc2[C@@H]1CS(=O)(=O)NCCO)c1cc2sc(Cl)c(Cl)c2[nH]1. The van der Waals surface area contributed by atoms with E-state index >= 15 is 0 Å². The Hall–Kier alpha value is -1.62. The number of hydrogen-bond acceptors (Lipinski definition) is 5. The van der Waals surface area contributed by atoms with Crippen LogP contribution in [-0.2, 0) is 16.4 Å². The summed E-state index contributed by atoms with van der Waals surface area (Å²) < 4.78 is 28.5. The van der Waals surface area contributed by atoms with Crippen molar-refractivity contribution in [2.75, 3.05) is 18.9 Å². The number of aromatic nitrogens is 1. The van der Waals surface area contributed by atoms with E-state index in [9.17, 15) is 13.2 Å². The average Bonchev–Trinajstić information content (AvgIpc) is 3.34. The fourth-order valence-electron chi connectivity index (χ4n) is 3.82. The van der Waals surface area contributed by atoms with Crippen LogP contribution in [0.25, 0.3) is 10.2 Å². The van der Waals surface area contributed by atoms with Crippen LogP contribution in [0.4, 0.5) is 0 Å². The van der Waals surface area contributed by atoms with Crippen molar-refractivity contribution < 1.29 is 18.3 Å². The maximum Gasteiger partial charge on any atom is 0.268 e. The third-order valence-corrected chi connectivity index (χ3v) is 8.52. The Morgan fingerprint density at radius 2 is 2.07 bits per heavy atom. The van der Waals surface area contributed by atoms with Crippen molar-refractivity contribution in [1.29, 1.82) is 0 Å². The monoisotopic (exact) mass is 487 g/mol. The van der Waals surface area contributed by atoms with E-state index < -0.39 is 15.9 Å².